The van der Waals surface area contributed by atoms with E-state index >= 15 is 0 Å². The lowest BCUT2D eigenvalue weighted by molar-refractivity contribution is -0.137. The molecule has 0 aliphatic rings. The quantitative estimate of drug-likeness (QED) is 0.0974. The molecule has 0 aliphatic heterocycles. The van der Waals surface area contributed by atoms with Crippen molar-refractivity contribution in [2.45, 2.75) is 143 Å². The molecule has 7 heteroatoms. The SMILES string of the molecule is CCCCCCCCCCCCCCCCCC(=O)O.CCO[Si](CCCN)(OCC)OCC. The monoisotopic (exact) mass is 505 g/mol. The molecule has 0 aromatic rings. The number of nitrogens with two attached hydrogens (primary N) is 1. The Morgan fingerprint density at radius 3 is 1.26 bits per heavy atom. The first-order valence-corrected chi connectivity index (χ1v) is 16.3. The number of unbranched alkanes of at least 4 members (excludes halogenated alkanes) is 14. The van der Waals surface area contributed by atoms with Crippen LogP contribution < -0.4 is 5.73 Å². The van der Waals surface area contributed by atoms with Gasteiger partial charge in [-0.15, -0.1) is 0 Å². The van der Waals surface area contributed by atoms with Gasteiger partial charge in [0.1, 0.15) is 0 Å². The van der Waals surface area contributed by atoms with Crippen LogP contribution in [0.3, 0.4) is 0 Å². The zero-order valence-corrected chi connectivity index (χ0v) is 24.2. The molecule has 0 heterocycles. The highest BCUT2D eigenvalue weighted by Crippen LogP contribution is 2.17. The van der Waals surface area contributed by atoms with Crippen molar-refractivity contribution in [2.75, 3.05) is 26.4 Å². The minimum absolute atomic E-state index is 0.345. The number of hydrogen-bond acceptors (Lipinski definition) is 5. The molecule has 0 amide bonds. The highest BCUT2D eigenvalue weighted by atomic mass is 28.4. The summed E-state index contributed by atoms with van der Waals surface area (Å²) in [5, 5.41) is 8.52. The molecular weight excluding hydrogens is 446 g/mol. The minimum atomic E-state index is -2.40. The fraction of sp³-hybridized carbons (Fsp3) is 0.963. The van der Waals surface area contributed by atoms with Crippen LogP contribution >= 0.6 is 0 Å². The number of carbonyl (C=O) groups is 1. The Morgan fingerprint density at radius 1 is 0.618 bits per heavy atom. The Hall–Kier alpha value is -0.473. The van der Waals surface area contributed by atoms with Crippen molar-refractivity contribution in [1.82, 2.24) is 0 Å². The van der Waals surface area contributed by atoms with E-state index in [2.05, 4.69) is 6.92 Å². The second-order valence-electron chi connectivity index (χ2n) is 8.97. The molecule has 0 spiro atoms. The van der Waals surface area contributed by atoms with Crippen LogP contribution in [0.4, 0.5) is 0 Å². The summed E-state index contributed by atoms with van der Waals surface area (Å²) >= 11 is 0. The Balaban J connectivity index is 0. The maximum absolute atomic E-state index is 10.3. The summed E-state index contributed by atoms with van der Waals surface area (Å²) in [6.07, 6.45) is 21.1. The zero-order valence-electron chi connectivity index (χ0n) is 23.2. The summed E-state index contributed by atoms with van der Waals surface area (Å²) in [6.45, 7) is 10.7. The van der Waals surface area contributed by atoms with Gasteiger partial charge in [-0.25, -0.2) is 0 Å². The molecule has 6 nitrogen and oxygen atoms in total. The van der Waals surface area contributed by atoms with Crippen molar-refractivity contribution in [3.63, 3.8) is 0 Å². The van der Waals surface area contributed by atoms with E-state index in [0.717, 1.165) is 25.3 Å². The molecule has 0 atom stereocenters. The summed E-state index contributed by atoms with van der Waals surface area (Å²) < 4.78 is 17.0. The number of hydrogen-bond donors (Lipinski definition) is 2. The molecule has 0 saturated carbocycles. The second-order valence-corrected chi connectivity index (χ2v) is 11.7. The lowest BCUT2D eigenvalue weighted by Gasteiger charge is -2.28. The van der Waals surface area contributed by atoms with Gasteiger partial charge < -0.3 is 24.1 Å². The van der Waals surface area contributed by atoms with Gasteiger partial charge >= 0.3 is 14.8 Å². The van der Waals surface area contributed by atoms with E-state index in [1.54, 1.807) is 0 Å². The lowest BCUT2D eigenvalue weighted by atomic mass is 10.0. The fourth-order valence-corrected chi connectivity index (χ4v) is 6.61. The summed E-state index contributed by atoms with van der Waals surface area (Å²) in [6, 6.07) is 0.818. The Bertz CT molecular complexity index is 395. The van der Waals surface area contributed by atoms with Crippen molar-refractivity contribution in [1.29, 1.82) is 0 Å². The van der Waals surface area contributed by atoms with Crippen LogP contribution in [-0.4, -0.2) is 46.2 Å². The molecule has 0 fully saturated rings. The molecule has 34 heavy (non-hydrogen) atoms. The normalized spacial score (nSPS) is 11.3. The smallest absolute Gasteiger partial charge is 0.481 e. The van der Waals surface area contributed by atoms with Crippen molar-refractivity contribution >= 4 is 14.8 Å². The van der Waals surface area contributed by atoms with Crippen LogP contribution in [0.25, 0.3) is 0 Å². The first-order chi connectivity index (χ1) is 16.5. The van der Waals surface area contributed by atoms with Crippen LogP contribution in [0.2, 0.25) is 6.04 Å². The molecular formula is C27H59NO5Si. The number of carboxylic acids is 1. The molecule has 0 aromatic heterocycles. The molecule has 206 valence electrons. The van der Waals surface area contributed by atoms with Crippen molar-refractivity contribution < 1.29 is 23.2 Å². The van der Waals surface area contributed by atoms with Gasteiger partial charge in [0.25, 0.3) is 0 Å². The third-order valence-corrected chi connectivity index (χ3v) is 8.93. The van der Waals surface area contributed by atoms with Crippen LogP contribution in [-0.2, 0) is 18.1 Å². The van der Waals surface area contributed by atoms with E-state index in [-0.39, 0.29) is 0 Å². The third-order valence-electron chi connectivity index (χ3n) is 5.77. The summed E-state index contributed by atoms with van der Waals surface area (Å²) in [4.78, 5) is 10.3. The topological polar surface area (TPSA) is 91.0 Å². The van der Waals surface area contributed by atoms with Crippen molar-refractivity contribution in [2.24, 2.45) is 5.73 Å². The van der Waals surface area contributed by atoms with Crippen LogP contribution in [0.5, 0.6) is 0 Å². The molecule has 3 N–H and O–H groups in total. The molecule has 0 radical (unpaired) electrons. The largest absolute Gasteiger partial charge is 0.500 e. The van der Waals surface area contributed by atoms with E-state index in [9.17, 15) is 4.79 Å². The third kappa shape index (κ3) is 26.1. The van der Waals surface area contributed by atoms with Gasteiger partial charge in [-0.1, -0.05) is 96.8 Å². The van der Waals surface area contributed by atoms with Crippen LogP contribution in [0.15, 0.2) is 0 Å². The molecule has 0 aliphatic carbocycles. The van der Waals surface area contributed by atoms with E-state index in [1.807, 2.05) is 20.8 Å². The predicted octanol–water partition coefficient (Wildman–Crippen LogP) is 7.72. The standard InChI is InChI=1S/C18H36O2.C9H23NO3Si/c1-2-3-4-5-6-7-8-9-10-11-12-13-14-15-16-17-18(19)20;1-4-11-14(12-5-2,13-6-3)9-7-8-10/h2-17H2,1H3,(H,19,20);4-10H2,1-3H3. The average Bonchev–Trinajstić information content (AvgIpc) is 2.81. The van der Waals surface area contributed by atoms with E-state index < -0.39 is 14.8 Å². The first-order valence-electron chi connectivity index (χ1n) is 14.3. The summed E-state index contributed by atoms with van der Waals surface area (Å²) in [5.41, 5.74) is 5.48. The summed E-state index contributed by atoms with van der Waals surface area (Å²) in [5.74, 6) is -0.653. The molecule has 0 aromatic carbocycles. The van der Waals surface area contributed by atoms with Gasteiger partial charge in [-0.05, 0) is 40.2 Å². The van der Waals surface area contributed by atoms with Crippen molar-refractivity contribution in [3.8, 4) is 0 Å². The molecule has 0 rings (SSSR count). The van der Waals surface area contributed by atoms with Crippen LogP contribution in [0, 0.1) is 0 Å². The summed E-state index contributed by atoms with van der Waals surface area (Å²) in [7, 11) is -2.40. The van der Waals surface area contributed by atoms with E-state index in [4.69, 9.17) is 24.1 Å². The van der Waals surface area contributed by atoms with Crippen LogP contribution in [0.1, 0.15) is 137 Å². The Morgan fingerprint density at radius 2 is 0.971 bits per heavy atom. The fourth-order valence-electron chi connectivity index (χ4n) is 3.97. The van der Waals surface area contributed by atoms with Crippen molar-refractivity contribution in [3.05, 3.63) is 0 Å². The first kappa shape index (κ1) is 35.7. The molecule has 0 unspecified atom stereocenters. The number of carboxylic acid groups (broad SMARTS) is 1. The number of rotatable bonds is 25. The van der Waals surface area contributed by atoms with Gasteiger partial charge in [0.2, 0.25) is 0 Å². The van der Waals surface area contributed by atoms with E-state index in [0.29, 0.717) is 32.8 Å². The minimum Gasteiger partial charge on any atom is -0.481 e. The Kier molecular flexibility index (Phi) is 30.2. The molecule has 0 bridgehead atoms. The molecule has 0 saturated heterocycles. The zero-order chi connectivity index (χ0) is 25.8. The highest BCUT2D eigenvalue weighted by molar-refractivity contribution is 6.60. The highest BCUT2D eigenvalue weighted by Gasteiger charge is 2.39. The second kappa shape index (κ2) is 28.8. The number of aliphatic carboxylic acids is 1. The average molecular weight is 506 g/mol. The van der Waals surface area contributed by atoms with E-state index in [1.165, 1.54) is 83.5 Å². The Labute approximate surface area is 213 Å². The predicted molar refractivity (Wildman–Crippen MR) is 146 cm³/mol. The van der Waals surface area contributed by atoms with Gasteiger partial charge in [-0.2, -0.15) is 0 Å². The van der Waals surface area contributed by atoms with Gasteiger partial charge in [0, 0.05) is 32.3 Å². The lowest BCUT2D eigenvalue weighted by Crippen LogP contribution is -2.46. The van der Waals surface area contributed by atoms with Gasteiger partial charge in [0.15, 0.2) is 0 Å². The maximum atomic E-state index is 10.3. The van der Waals surface area contributed by atoms with Gasteiger partial charge in [-0.3, -0.25) is 4.79 Å². The van der Waals surface area contributed by atoms with Gasteiger partial charge in [0.05, 0.1) is 0 Å². The maximum Gasteiger partial charge on any atom is 0.500 e.